The monoisotopic (exact) mass is 337 g/mol. The third-order valence-corrected chi connectivity index (χ3v) is 4.88. The van der Waals surface area contributed by atoms with Crippen LogP contribution in [-0.2, 0) is 4.79 Å². The van der Waals surface area contributed by atoms with Crippen molar-refractivity contribution >= 4 is 5.91 Å². The number of unbranched alkanes of at least 4 members (excludes halogenated alkanes) is 14. The summed E-state index contributed by atoms with van der Waals surface area (Å²) in [5.41, 5.74) is 0. The van der Waals surface area contributed by atoms with E-state index in [0.29, 0.717) is 6.42 Å². The van der Waals surface area contributed by atoms with Gasteiger partial charge < -0.3 is 4.90 Å². The van der Waals surface area contributed by atoms with Crippen LogP contribution in [0, 0.1) is 0 Å². The second kappa shape index (κ2) is 18.5. The van der Waals surface area contributed by atoms with Crippen molar-refractivity contribution in [3.63, 3.8) is 0 Å². The molecule has 0 aliphatic rings. The Hall–Kier alpha value is -0.790. The number of amides is 1. The number of carbonyl (C=O) groups is 1. The summed E-state index contributed by atoms with van der Waals surface area (Å²) in [7, 11) is 0. The smallest absolute Gasteiger partial charge is 0.226 e. The fourth-order valence-corrected chi connectivity index (χ4v) is 3.20. The van der Waals surface area contributed by atoms with Gasteiger partial charge in [0.15, 0.2) is 0 Å². The van der Waals surface area contributed by atoms with Gasteiger partial charge in [-0.15, -0.1) is 0 Å². The van der Waals surface area contributed by atoms with Gasteiger partial charge in [-0.3, -0.25) is 4.79 Å². The summed E-state index contributed by atoms with van der Waals surface area (Å²) in [6.45, 7) is 8.69. The molecule has 0 aliphatic heterocycles. The summed E-state index contributed by atoms with van der Waals surface area (Å²) in [6.07, 6.45) is 22.7. The summed E-state index contributed by atoms with van der Waals surface area (Å²) < 4.78 is 0. The zero-order valence-electron chi connectivity index (χ0n) is 16.7. The van der Waals surface area contributed by atoms with Gasteiger partial charge in [-0.1, -0.05) is 103 Å². The van der Waals surface area contributed by atoms with Gasteiger partial charge in [0.1, 0.15) is 0 Å². The predicted octanol–water partition coefficient (Wildman–Crippen LogP) is 7.24. The maximum absolute atomic E-state index is 11.8. The molecule has 0 heterocycles. The van der Waals surface area contributed by atoms with Crippen LogP contribution in [0.5, 0.6) is 0 Å². The molecule has 24 heavy (non-hydrogen) atoms. The first-order valence-corrected chi connectivity index (χ1v) is 10.7. The minimum atomic E-state index is 0.224. The topological polar surface area (TPSA) is 20.3 Å². The van der Waals surface area contributed by atoms with E-state index in [2.05, 4.69) is 13.5 Å². The Morgan fingerprint density at radius 1 is 0.708 bits per heavy atom. The number of nitrogens with zero attached hydrogens (tertiary/aromatic N) is 1. The van der Waals surface area contributed by atoms with Crippen molar-refractivity contribution < 1.29 is 4.79 Å². The lowest BCUT2D eigenvalue weighted by atomic mass is 10.0. The second-order valence-electron chi connectivity index (χ2n) is 7.06. The van der Waals surface area contributed by atoms with Crippen molar-refractivity contribution in [3.05, 3.63) is 12.8 Å². The molecule has 0 rings (SSSR count). The fourth-order valence-electron chi connectivity index (χ4n) is 3.20. The molecule has 0 aromatic carbocycles. The maximum atomic E-state index is 11.8. The third kappa shape index (κ3) is 14.8. The van der Waals surface area contributed by atoms with E-state index in [1.54, 1.807) is 11.1 Å². The van der Waals surface area contributed by atoms with Crippen LogP contribution in [0.1, 0.15) is 117 Å². The Kier molecular flexibility index (Phi) is 17.9. The van der Waals surface area contributed by atoms with Crippen molar-refractivity contribution in [1.82, 2.24) is 4.90 Å². The van der Waals surface area contributed by atoms with E-state index in [-0.39, 0.29) is 5.91 Å². The molecule has 0 aromatic heterocycles. The van der Waals surface area contributed by atoms with Crippen molar-refractivity contribution in [2.24, 2.45) is 0 Å². The Bertz CT molecular complexity index is 288. The van der Waals surface area contributed by atoms with E-state index < -0.39 is 0 Å². The van der Waals surface area contributed by atoms with E-state index in [0.717, 1.165) is 13.0 Å². The molecule has 0 saturated heterocycles. The van der Waals surface area contributed by atoms with Crippen molar-refractivity contribution in [3.8, 4) is 0 Å². The van der Waals surface area contributed by atoms with Crippen LogP contribution < -0.4 is 0 Å². The van der Waals surface area contributed by atoms with Crippen LogP contribution in [-0.4, -0.2) is 17.4 Å². The molecule has 0 unspecified atom stereocenters. The van der Waals surface area contributed by atoms with Crippen molar-refractivity contribution in [2.45, 2.75) is 117 Å². The normalized spacial score (nSPS) is 10.8. The molecule has 0 bridgehead atoms. The molecule has 0 spiro atoms. The number of hydrogen-bond acceptors (Lipinski definition) is 1. The zero-order chi connectivity index (χ0) is 17.9. The van der Waals surface area contributed by atoms with Crippen molar-refractivity contribution in [1.29, 1.82) is 0 Å². The first kappa shape index (κ1) is 23.2. The molecule has 2 heteroatoms. The standard InChI is InChI=1S/C22H43NO/c1-4-7-8-9-10-11-12-13-14-15-16-17-18-19-20-21-22(24)23(5-2)6-3/h5H,2,4,6-21H2,1,3H3. The highest BCUT2D eigenvalue weighted by Gasteiger charge is 2.06. The highest BCUT2D eigenvalue weighted by atomic mass is 16.2. The number of rotatable bonds is 18. The highest BCUT2D eigenvalue weighted by Crippen LogP contribution is 2.14. The van der Waals surface area contributed by atoms with Crippen LogP contribution >= 0.6 is 0 Å². The minimum absolute atomic E-state index is 0.224. The minimum Gasteiger partial charge on any atom is -0.320 e. The second-order valence-corrected chi connectivity index (χ2v) is 7.06. The molecule has 1 amide bonds. The Morgan fingerprint density at radius 2 is 1.08 bits per heavy atom. The third-order valence-electron chi connectivity index (χ3n) is 4.88. The average molecular weight is 338 g/mol. The molecule has 2 nitrogen and oxygen atoms in total. The summed E-state index contributed by atoms with van der Waals surface area (Å²) in [5.74, 6) is 0.224. The largest absolute Gasteiger partial charge is 0.320 e. The lowest BCUT2D eigenvalue weighted by molar-refractivity contribution is -0.128. The van der Waals surface area contributed by atoms with Crippen LogP contribution in [0.3, 0.4) is 0 Å². The van der Waals surface area contributed by atoms with Crippen LogP contribution in [0.25, 0.3) is 0 Å². The predicted molar refractivity (Wildman–Crippen MR) is 107 cm³/mol. The van der Waals surface area contributed by atoms with Gasteiger partial charge >= 0.3 is 0 Å². The molecular formula is C22H43NO. The van der Waals surface area contributed by atoms with E-state index in [4.69, 9.17) is 0 Å². The fraction of sp³-hybridized carbons (Fsp3) is 0.864. The molecule has 0 atom stereocenters. The van der Waals surface area contributed by atoms with Gasteiger partial charge in [0.05, 0.1) is 0 Å². The maximum Gasteiger partial charge on any atom is 0.226 e. The lowest BCUT2D eigenvalue weighted by Gasteiger charge is -2.14. The van der Waals surface area contributed by atoms with E-state index in [1.807, 2.05) is 6.92 Å². The van der Waals surface area contributed by atoms with Crippen LogP contribution in [0.15, 0.2) is 12.8 Å². The molecule has 0 N–H and O–H groups in total. The van der Waals surface area contributed by atoms with E-state index in [1.165, 1.54) is 89.9 Å². The molecule has 0 fully saturated rings. The SMILES string of the molecule is C=CN(CC)C(=O)CCCCCCCCCCCCCCCCC. The molecule has 0 saturated carbocycles. The highest BCUT2D eigenvalue weighted by molar-refractivity contribution is 5.77. The van der Waals surface area contributed by atoms with E-state index >= 15 is 0 Å². The van der Waals surface area contributed by atoms with Crippen molar-refractivity contribution in [2.75, 3.05) is 6.54 Å². The molecule has 0 aliphatic carbocycles. The van der Waals surface area contributed by atoms with Gasteiger partial charge in [-0.2, -0.15) is 0 Å². The van der Waals surface area contributed by atoms with Crippen LogP contribution in [0.2, 0.25) is 0 Å². The van der Waals surface area contributed by atoms with Crippen LogP contribution in [0.4, 0.5) is 0 Å². The average Bonchev–Trinajstić information content (AvgIpc) is 2.59. The Morgan fingerprint density at radius 3 is 1.42 bits per heavy atom. The first-order valence-electron chi connectivity index (χ1n) is 10.7. The summed E-state index contributed by atoms with van der Waals surface area (Å²) in [5, 5.41) is 0. The molecule has 142 valence electrons. The summed E-state index contributed by atoms with van der Waals surface area (Å²) in [6, 6.07) is 0. The van der Waals surface area contributed by atoms with Gasteiger partial charge in [-0.25, -0.2) is 0 Å². The number of hydrogen-bond donors (Lipinski definition) is 0. The number of carbonyl (C=O) groups excluding carboxylic acids is 1. The summed E-state index contributed by atoms with van der Waals surface area (Å²) in [4.78, 5) is 13.5. The Labute approximate surface area is 152 Å². The van der Waals surface area contributed by atoms with E-state index in [9.17, 15) is 4.79 Å². The van der Waals surface area contributed by atoms with Gasteiger partial charge in [0, 0.05) is 13.0 Å². The molecule has 0 radical (unpaired) electrons. The van der Waals surface area contributed by atoms with Gasteiger partial charge in [0.2, 0.25) is 5.91 Å². The van der Waals surface area contributed by atoms with Gasteiger partial charge in [0.25, 0.3) is 0 Å². The summed E-state index contributed by atoms with van der Waals surface area (Å²) >= 11 is 0. The molecular weight excluding hydrogens is 294 g/mol. The lowest BCUT2D eigenvalue weighted by Crippen LogP contribution is -2.24. The molecule has 0 aromatic rings. The first-order chi connectivity index (χ1) is 11.8. The van der Waals surface area contributed by atoms with Gasteiger partial charge in [-0.05, 0) is 19.5 Å². The quantitative estimate of drug-likeness (QED) is 0.241. The Balaban J connectivity index is 3.18. The zero-order valence-corrected chi connectivity index (χ0v) is 16.7.